The van der Waals surface area contributed by atoms with Crippen molar-refractivity contribution < 1.29 is 17.6 Å². The number of fused-ring (bicyclic) bond motifs is 1. The highest BCUT2D eigenvalue weighted by atomic mass is 79.9. The number of rotatable bonds is 1. The number of hydrogen-bond donors (Lipinski definition) is 0. The Morgan fingerprint density at radius 1 is 1.27 bits per heavy atom. The molecule has 1 aromatic heterocycles. The molecule has 1 aromatic carbocycles. The molecule has 2 rings (SSSR count). The molecule has 0 aliphatic heterocycles. The van der Waals surface area contributed by atoms with Gasteiger partial charge in [-0.3, -0.25) is 0 Å². The Balaban J connectivity index is 2.70. The van der Waals surface area contributed by atoms with Crippen molar-refractivity contribution in [2.24, 2.45) is 0 Å². The average Bonchev–Trinajstić information content (AvgIpc) is 2.57. The molecule has 0 amide bonds. The van der Waals surface area contributed by atoms with Gasteiger partial charge in [0.2, 0.25) is 0 Å². The van der Waals surface area contributed by atoms with Gasteiger partial charge in [-0.1, -0.05) is 22.0 Å². The van der Waals surface area contributed by atoms with Crippen molar-refractivity contribution in [1.29, 1.82) is 0 Å². The lowest BCUT2D eigenvalue weighted by Gasteiger charge is -2.06. The summed E-state index contributed by atoms with van der Waals surface area (Å²) in [5.41, 5.74) is -0.393. The third-order valence-electron chi connectivity index (χ3n) is 2.05. The zero-order chi connectivity index (χ0) is 11.1. The molecule has 0 N–H and O–H groups in total. The van der Waals surface area contributed by atoms with E-state index < -0.39 is 11.7 Å². The molecule has 0 saturated heterocycles. The SMILES string of the molecule is FC(F)(F)c1cccc2oc(CBr)cc12. The van der Waals surface area contributed by atoms with Crippen LogP contribution in [0, 0.1) is 0 Å². The molecule has 15 heavy (non-hydrogen) atoms. The second-order valence-corrected chi connectivity index (χ2v) is 3.62. The predicted octanol–water partition coefficient (Wildman–Crippen LogP) is 4.35. The molecule has 0 spiro atoms. The molecular weight excluding hydrogens is 273 g/mol. The number of furan rings is 1. The summed E-state index contributed by atoms with van der Waals surface area (Å²) >= 11 is 3.14. The summed E-state index contributed by atoms with van der Waals surface area (Å²) in [6, 6.07) is 5.33. The smallest absolute Gasteiger partial charge is 0.417 e. The van der Waals surface area contributed by atoms with Gasteiger partial charge in [-0.05, 0) is 18.2 Å². The molecule has 1 heterocycles. The van der Waals surface area contributed by atoms with Gasteiger partial charge in [0.15, 0.2) is 0 Å². The Morgan fingerprint density at radius 3 is 2.60 bits per heavy atom. The van der Waals surface area contributed by atoms with Crippen LogP contribution in [-0.2, 0) is 11.5 Å². The van der Waals surface area contributed by atoms with Crippen LogP contribution >= 0.6 is 15.9 Å². The Labute approximate surface area is 92.0 Å². The maximum atomic E-state index is 12.6. The quantitative estimate of drug-likeness (QED) is 0.707. The lowest BCUT2D eigenvalue weighted by atomic mass is 10.1. The largest absolute Gasteiger partial charge is 0.460 e. The monoisotopic (exact) mass is 278 g/mol. The van der Waals surface area contributed by atoms with Gasteiger partial charge in [0.25, 0.3) is 0 Å². The van der Waals surface area contributed by atoms with Crippen molar-refractivity contribution in [3.05, 3.63) is 35.6 Å². The normalized spacial score (nSPS) is 12.3. The molecule has 0 radical (unpaired) electrons. The lowest BCUT2D eigenvalue weighted by molar-refractivity contribution is -0.136. The van der Waals surface area contributed by atoms with Gasteiger partial charge in [-0.15, -0.1) is 0 Å². The van der Waals surface area contributed by atoms with E-state index in [-0.39, 0.29) is 11.0 Å². The van der Waals surface area contributed by atoms with Crippen molar-refractivity contribution in [3.8, 4) is 0 Å². The minimum atomic E-state index is -4.34. The first-order chi connectivity index (χ1) is 7.02. The van der Waals surface area contributed by atoms with E-state index in [4.69, 9.17) is 4.42 Å². The van der Waals surface area contributed by atoms with E-state index in [1.807, 2.05) is 0 Å². The molecular formula is C10H6BrF3O. The van der Waals surface area contributed by atoms with Crippen LogP contribution in [0.1, 0.15) is 11.3 Å². The molecule has 2 aromatic rings. The van der Waals surface area contributed by atoms with Gasteiger partial charge < -0.3 is 4.42 Å². The highest BCUT2D eigenvalue weighted by molar-refractivity contribution is 9.08. The first kappa shape index (κ1) is 10.5. The maximum absolute atomic E-state index is 12.6. The number of benzene rings is 1. The maximum Gasteiger partial charge on any atom is 0.417 e. The van der Waals surface area contributed by atoms with Crippen molar-refractivity contribution >= 4 is 26.9 Å². The van der Waals surface area contributed by atoms with Crippen LogP contribution in [0.3, 0.4) is 0 Å². The minimum absolute atomic E-state index is 0.111. The van der Waals surface area contributed by atoms with E-state index in [9.17, 15) is 13.2 Å². The summed E-state index contributed by atoms with van der Waals surface area (Å²) in [7, 11) is 0. The van der Waals surface area contributed by atoms with Crippen LogP contribution in [0.4, 0.5) is 13.2 Å². The van der Waals surface area contributed by atoms with Gasteiger partial charge in [-0.2, -0.15) is 13.2 Å². The molecule has 0 aliphatic rings. The van der Waals surface area contributed by atoms with E-state index in [0.717, 1.165) is 6.07 Å². The van der Waals surface area contributed by atoms with E-state index in [2.05, 4.69) is 15.9 Å². The first-order valence-corrected chi connectivity index (χ1v) is 5.29. The summed E-state index contributed by atoms with van der Waals surface area (Å²) in [5, 5.41) is 0.512. The van der Waals surface area contributed by atoms with Crippen molar-refractivity contribution in [1.82, 2.24) is 0 Å². The number of alkyl halides is 4. The summed E-state index contributed by atoms with van der Waals surface area (Å²) < 4.78 is 42.9. The number of hydrogen-bond acceptors (Lipinski definition) is 1. The molecule has 80 valence electrons. The highest BCUT2D eigenvalue weighted by Gasteiger charge is 2.33. The van der Waals surface area contributed by atoms with Crippen LogP contribution in [0.25, 0.3) is 11.0 Å². The van der Waals surface area contributed by atoms with E-state index in [1.165, 1.54) is 18.2 Å². The average molecular weight is 279 g/mol. The van der Waals surface area contributed by atoms with Gasteiger partial charge in [0.05, 0.1) is 10.9 Å². The standard InChI is InChI=1S/C10H6BrF3O/c11-5-6-4-7-8(10(12,13)14)2-1-3-9(7)15-6/h1-4H,5H2. The van der Waals surface area contributed by atoms with Crippen LogP contribution < -0.4 is 0 Å². The Hall–Kier alpha value is -0.970. The molecule has 0 atom stereocenters. The molecule has 0 fully saturated rings. The fourth-order valence-electron chi connectivity index (χ4n) is 1.43. The summed E-state index contributed by atoms with van der Waals surface area (Å²) in [4.78, 5) is 0. The predicted molar refractivity (Wildman–Crippen MR) is 53.8 cm³/mol. The van der Waals surface area contributed by atoms with Crippen molar-refractivity contribution in [2.45, 2.75) is 11.5 Å². The summed E-state index contributed by atoms with van der Waals surface area (Å²) in [5.74, 6) is 0.488. The van der Waals surface area contributed by atoms with Crippen LogP contribution in [0.15, 0.2) is 28.7 Å². The molecule has 0 aliphatic carbocycles. The van der Waals surface area contributed by atoms with Gasteiger partial charge >= 0.3 is 6.18 Å². The molecule has 1 nitrogen and oxygen atoms in total. The first-order valence-electron chi connectivity index (χ1n) is 4.17. The van der Waals surface area contributed by atoms with Gasteiger partial charge in [0.1, 0.15) is 11.3 Å². The topological polar surface area (TPSA) is 13.1 Å². The van der Waals surface area contributed by atoms with Crippen LogP contribution in [0.5, 0.6) is 0 Å². The van der Waals surface area contributed by atoms with Crippen molar-refractivity contribution in [3.63, 3.8) is 0 Å². The zero-order valence-corrected chi connectivity index (χ0v) is 9.02. The van der Waals surface area contributed by atoms with Gasteiger partial charge in [0, 0.05) is 5.39 Å². The molecule has 0 unspecified atom stereocenters. The molecule has 5 heteroatoms. The zero-order valence-electron chi connectivity index (χ0n) is 7.44. The Kier molecular flexibility index (Phi) is 2.50. The molecule has 0 saturated carbocycles. The second kappa shape index (κ2) is 3.56. The minimum Gasteiger partial charge on any atom is -0.460 e. The lowest BCUT2D eigenvalue weighted by Crippen LogP contribution is -2.04. The van der Waals surface area contributed by atoms with E-state index >= 15 is 0 Å². The van der Waals surface area contributed by atoms with E-state index in [1.54, 1.807) is 0 Å². The third kappa shape index (κ3) is 1.88. The number of halogens is 4. The van der Waals surface area contributed by atoms with Gasteiger partial charge in [-0.25, -0.2) is 0 Å². The van der Waals surface area contributed by atoms with Crippen LogP contribution in [-0.4, -0.2) is 0 Å². The van der Waals surface area contributed by atoms with Crippen LogP contribution in [0.2, 0.25) is 0 Å². The Morgan fingerprint density at radius 2 is 2.00 bits per heavy atom. The third-order valence-corrected chi connectivity index (χ3v) is 2.60. The fourth-order valence-corrected chi connectivity index (χ4v) is 1.70. The van der Waals surface area contributed by atoms with E-state index in [0.29, 0.717) is 11.1 Å². The summed E-state index contributed by atoms with van der Waals surface area (Å²) in [6.45, 7) is 0. The highest BCUT2D eigenvalue weighted by Crippen LogP contribution is 2.36. The second-order valence-electron chi connectivity index (χ2n) is 3.06. The Bertz CT molecular complexity index is 487. The molecule has 0 bridgehead atoms. The van der Waals surface area contributed by atoms with Crippen molar-refractivity contribution in [2.75, 3.05) is 0 Å². The summed E-state index contributed by atoms with van der Waals surface area (Å²) in [6.07, 6.45) is -4.34. The fraction of sp³-hybridized carbons (Fsp3) is 0.200.